The summed E-state index contributed by atoms with van der Waals surface area (Å²) in [4.78, 5) is 16.4. The van der Waals surface area contributed by atoms with Crippen LogP contribution in [0.4, 0.5) is 11.4 Å². The summed E-state index contributed by atoms with van der Waals surface area (Å²) in [5, 5.41) is 3.76. The Kier molecular flexibility index (Phi) is 4.64. The van der Waals surface area contributed by atoms with E-state index in [4.69, 9.17) is 10.5 Å². The smallest absolute Gasteiger partial charge is 0.252 e. The lowest BCUT2D eigenvalue weighted by Gasteiger charge is -2.17. The highest BCUT2D eigenvalue weighted by atomic mass is 32.2. The standard InChI is InChI=1S/C20H20N4O4S/c1-24(2)29(26,27)12-6-7-16-14(10-12)19(15(11-22-16)20(21)25)23-17-4-3-5-18-13(17)8-9-28-18/h3-7,10-11H,8-9H2,1-2H3,(H2,21,25)(H,22,23). The van der Waals surface area contributed by atoms with Gasteiger partial charge >= 0.3 is 0 Å². The minimum Gasteiger partial charge on any atom is -0.493 e. The van der Waals surface area contributed by atoms with Gasteiger partial charge in [-0.3, -0.25) is 9.78 Å². The molecule has 2 heterocycles. The number of pyridine rings is 1. The summed E-state index contributed by atoms with van der Waals surface area (Å²) in [7, 11) is -0.734. The second-order valence-corrected chi connectivity index (χ2v) is 9.04. The quantitative estimate of drug-likeness (QED) is 0.664. The lowest BCUT2D eigenvalue weighted by atomic mass is 10.1. The molecule has 1 aliphatic heterocycles. The lowest BCUT2D eigenvalue weighted by molar-refractivity contribution is 0.100. The number of benzene rings is 2. The number of anilines is 2. The van der Waals surface area contributed by atoms with E-state index in [0.717, 1.165) is 27.7 Å². The van der Waals surface area contributed by atoms with Crippen LogP contribution in [0.3, 0.4) is 0 Å². The number of nitrogens with one attached hydrogen (secondary N) is 1. The SMILES string of the molecule is CN(C)S(=O)(=O)c1ccc2ncc(C(N)=O)c(Nc3cccc4c3CCO4)c2c1. The van der Waals surface area contributed by atoms with E-state index in [1.807, 2.05) is 18.2 Å². The number of rotatable bonds is 5. The van der Waals surface area contributed by atoms with Crippen LogP contribution in [0.15, 0.2) is 47.5 Å². The molecule has 29 heavy (non-hydrogen) atoms. The molecule has 4 rings (SSSR count). The van der Waals surface area contributed by atoms with E-state index < -0.39 is 15.9 Å². The zero-order valence-electron chi connectivity index (χ0n) is 16.0. The number of nitrogens with two attached hydrogens (primary N) is 1. The Morgan fingerprint density at radius 1 is 1.24 bits per heavy atom. The Bertz CT molecular complexity index is 1240. The van der Waals surface area contributed by atoms with Gasteiger partial charge in [0.05, 0.1) is 28.3 Å². The first-order chi connectivity index (χ1) is 13.8. The molecule has 0 atom stereocenters. The van der Waals surface area contributed by atoms with Crippen molar-refractivity contribution in [2.24, 2.45) is 5.73 Å². The van der Waals surface area contributed by atoms with Gasteiger partial charge in [0.15, 0.2) is 0 Å². The Hall–Kier alpha value is -3.17. The van der Waals surface area contributed by atoms with Crippen molar-refractivity contribution < 1.29 is 17.9 Å². The highest BCUT2D eigenvalue weighted by Gasteiger charge is 2.22. The number of nitrogens with zero attached hydrogens (tertiary/aromatic N) is 2. The van der Waals surface area contributed by atoms with Crippen LogP contribution < -0.4 is 15.8 Å². The van der Waals surface area contributed by atoms with E-state index in [1.165, 1.54) is 32.4 Å². The Balaban J connectivity index is 1.94. The predicted molar refractivity (Wildman–Crippen MR) is 110 cm³/mol. The molecule has 1 amide bonds. The second-order valence-electron chi connectivity index (χ2n) is 6.88. The number of amides is 1. The monoisotopic (exact) mass is 412 g/mol. The number of carbonyl (C=O) groups is 1. The summed E-state index contributed by atoms with van der Waals surface area (Å²) in [5.41, 5.74) is 8.47. The fourth-order valence-electron chi connectivity index (χ4n) is 3.34. The maximum Gasteiger partial charge on any atom is 0.252 e. The van der Waals surface area contributed by atoms with Crippen molar-refractivity contribution in [3.8, 4) is 5.75 Å². The van der Waals surface area contributed by atoms with Crippen molar-refractivity contribution in [3.05, 3.63) is 53.7 Å². The Labute approximate surface area is 168 Å². The highest BCUT2D eigenvalue weighted by molar-refractivity contribution is 7.89. The van der Waals surface area contributed by atoms with Crippen molar-refractivity contribution in [1.29, 1.82) is 0 Å². The average Bonchev–Trinajstić information content (AvgIpc) is 3.17. The fourth-order valence-corrected chi connectivity index (χ4v) is 4.27. The van der Waals surface area contributed by atoms with Gasteiger partial charge in [-0.2, -0.15) is 0 Å². The molecule has 8 nitrogen and oxygen atoms in total. The van der Waals surface area contributed by atoms with Crippen LogP contribution in [-0.2, 0) is 16.4 Å². The van der Waals surface area contributed by atoms with E-state index in [9.17, 15) is 13.2 Å². The molecule has 0 saturated heterocycles. The van der Waals surface area contributed by atoms with Crippen LogP contribution in [0.1, 0.15) is 15.9 Å². The molecule has 3 aromatic rings. The average molecular weight is 412 g/mol. The number of fused-ring (bicyclic) bond motifs is 2. The number of carbonyl (C=O) groups excluding carboxylic acids is 1. The molecule has 9 heteroatoms. The number of hydrogen-bond donors (Lipinski definition) is 2. The molecule has 2 aromatic carbocycles. The van der Waals surface area contributed by atoms with Crippen molar-refractivity contribution >= 4 is 38.2 Å². The summed E-state index contributed by atoms with van der Waals surface area (Å²) in [6.45, 7) is 0.582. The minimum absolute atomic E-state index is 0.100. The molecule has 1 aromatic heterocycles. The van der Waals surface area contributed by atoms with E-state index in [0.29, 0.717) is 23.2 Å². The number of ether oxygens (including phenoxy) is 1. The molecule has 0 spiro atoms. The molecule has 0 saturated carbocycles. The third-order valence-corrected chi connectivity index (χ3v) is 6.70. The topological polar surface area (TPSA) is 115 Å². The molecule has 0 fully saturated rings. The third kappa shape index (κ3) is 3.28. The van der Waals surface area contributed by atoms with Crippen molar-refractivity contribution in [2.45, 2.75) is 11.3 Å². The molecule has 0 aliphatic carbocycles. The van der Waals surface area contributed by atoms with E-state index >= 15 is 0 Å². The first-order valence-corrected chi connectivity index (χ1v) is 10.4. The molecule has 150 valence electrons. The maximum atomic E-state index is 12.6. The van der Waals surface area contributed by atoms with Crippen LogP contribution in [0.25, 0.3) is 10.9 Å². The maximum absolute atomic E-state index is 12.6. The van der Waals surface area contributed by atoms with Gasteiger partial charge in [0, 0.05) is 43.4 Å². The van der Waals surface area contributed by atoms with Crippen LogP contribution in [0.5, 0.6) is 5.75 Å². The van der Waals surface area contributed by atoms with Gasteiger partial charge in [-0.1, -0.05) is 6.07 Å². The van der Waals surface area contributed by atoms with Gasteiger partial charge in [0.2, 0.25) is 10.0 Å². The van der Waals surface area contributed by atoms with Gasteiger partial charge < -0.3 is 15.8 Å². The van der Waals surface area contributed by atoms with Crippen LogP contribution in [0.2, 0.25) is 0 Å². The van der Waals surface area contributed by atoms with Crippen LogP contribution in [-0.4, -0.2) is 44.3 Å². The Morgan fingerprint density at radius 2 is 2.03 bits per heavy atom. The first kappa shape index (κ1) is 19.2. The first-order valence-electron chi connectivity index (χ1n) is 8.96. The van der Waals surface area contributed by atoms with E-state index in [1.54, 1.807) is 6.07 Å². The fraction of sp³-hybridized carbons (Fsp3) is 0.200. The zero-order valence-corrected chi connectivity index (χ0v) is 16.8. The Morgan fingerprint density at radius 3 is 2.76 bits per heavy atom. The molecule has 1 aliphatic rings. The van der Waals surface area contributed by atoms with Gasteiger partial charge in [-0.05, 0) is 30.3 Å². The summed E-state index contributed by atoms with van der Waals surface area (Å²) in [5.74, 6) is 0.122. The summed E-state index contributed by atoms with van der Waals surface area (Å²) >= 11 is 0. The number of sulfonamides is 1. The molecule has 0 radical (unpaired) electrons. The van der Waals surface area contributed by atoms with Crippen molar-refractivity contribution in [3.63, 3.8) is 0 Å². The zero-order chi connectivity index (χ0) is 20.8. The molecule has 0 unspecified atom stereocenters. The summed E-state index contributed by atoms with van der Waals surface area (Å²) < 4.78 is 31.9. The molecular formula is C20H20N4O4S. The van der Waals surface area contributed by atoms with Crippen LogP contribution >= 0.6 is 0 Å². The normalized spacial score (nSPS) is 13.3. The molecule has 0 bridgehead atoms. The van der Waals surface area contributed by atoms with Gasteiger partial charge in [0.1, 0.15) is 5.75 Å². The minimum atomic E-state index is -3.66. The van der Waals surface area contributed by atoms with Crippen molar-refractivity contribution in [1.82, 2.24) is 9.29 Å². The number of primary amides is 1. The summed E-state index contributed by atoms with van der Waals surface area (Å²) in [6, 6.07) is 10.2. The van der Waals surface area contributed by atoms with Gasteiger partial charge in [0.25, 0.3) is 5.91 Å². The van der Waals surface area contributed by atoms with Crippen molar-refractivity contribution in [2.75, 3.05) is 26.0 Å². The third-order valence-electron chi connectivity index (χ3n) is 4.89. The predicted octanol–water partition coefficient (Wildman–Crippen LogP) is 2.26. The van der Waals surface area contributed by atoms with E-state index in [2.05, 4.69) is 10.3 Å². The van der Waals surface area contributed by atoms with E-state index in [-0.39, 0.29) is 10.5 Å². The molecule has 3 N–H and O–H groups in total. The lowest BCUT2D eigenvalue weighted by Crippen LogP contribution is -2.22. The van der Waals surface area contributed by atoms with Gasteiger partial charge in [-0.25, -0.2) is 12.7 Å². The van der Waals surface area contributed by atoms with Crippen LogP contribution in [0, 0.1) is 0 Å². The largest absolute Gasteiger partial charge is 0.493 e. The van der Waals surface area contributed by atoms with Gasteiger partial charge in [-0.15, -0.1) is 0 Å². The number of hydrogen-bond acceptors (Lipinski definition) is 6. The number of aromatic nitrogens is 1. The highest BCUT2D eigenvalue weighted by Crippen LogP contribution is 2.36. The second kappa shape index (κ2) is 7.02. The summed E-state index contributed by atoms with van der Waals surface area (Å²) in [6.07, 6.45) is 2.13. The molecular weight excluding hydrogens is 392 g/mol.